The lowest BCUT2D eigenvalue weighted by Crippen LogP contribution is -2.15. The molecule has 27 heavy (non-hydrogen) atoms. The Bertz CT molecular complexity index is 627. The number of nitriles is 1. The maximum Gasteiger partial charge on any atom is 0.199 e. The van der Waals surface area contributed by atoms with Gasteiger partial charge < -0.3 is 0 Å². The topological polar surface area (TPSA) is 23.8 Å². The van der Waals surface area contributed by atoms with Gasteiger partial charge in [-0.3, -0.25) is 0 Å². The molecule has 2 heteroatoms. The Hall–Kier alpha value is -1.88. The van der Waals surface area contributed by atoms with Crippen molar-refractivity contribution >= 4 is 0 Å². The van der Waals surface area contributed by atoms with Crippen molar-refractivity contribution in [1.82, 2.24) is 0 Å². The normalized spacial score (nSPS) is 20.7. The van der Waals surface area contributed by atoms with Gasteiger partial charge in [0, 0.05) is 0 Å². The van der Waals surface area contributed by atoms with Crippen LogP contribution in [0.25, 0.3) is 0 Å². The number of benzene rings is 1. The molecule has 0 amide bonds. The molecule has 0 saturated heterocycles. The summed E-state index contributed by atoms with van der Waals surface area (Å²) in [6, 6.07) is 10.8. The molecule has 0 spiro atoms. The van der Waals surface area contributed by atoms with E-state index >= 15 is 0 Å². The van der Waals surface area contributed by atoms with Crippen LogP contribution in [0.4, 0.5) is 4.39 Å². The molecule has 0 aromatic heterocycles. The molecule has 1 aromatic rings. The first-order valence-corrected chi connectivity index (χ1v) is 10.7. The average molecular weight is 368 g/mol. The van der Waals surface area contributed by atoms with E-state index in [1.54, 1.807) is 6.08 Å². The first-order chi connectivity index (χ1) is 13.2. The first-order valence-electron chi connectivity index (χ1n) is 10.7. The van der Waals surface area contributed by atoms with Crippen LogP contribution >= 0.6 is 0 Å². The second-order valence-electron chi connectivity index (χ2n) is 7.98. The zero-order chi connectivity index (χ0) is 19.3. The smallest absolute Gasteiger partial charge is 0.195 e. The number of rotatable bonds is 10. The minimum atomic E-state index is -0.720. The Labute approximate surface area is 165 Å². The largest absolute Gasteiger partial charge is 0.199 e. The zero-order valence-corrected chi connectivity index (χ0v) is 16.8. The maximum absolute atomic E-state index is 12.7. The Morgan fingerprint density at radius 3 is 2.22 bits per heavy atom. The highest BCUT2D eigenvalue weighted by Gasteiger charge is 2.20. The Morgan fingerprint density at radius 2 is 1.63 bits per heavy atom. The lowest BCUT2D eigenvalue weighted by Gasteiger charge is -2.28. The quantitative estimate of drug-likeness (QED) is 0.310. The fourth-order valence-corrected chi connectivity index (χ4v) is 4.05. The molecule has 1 aromatic carbocycles. The average Bonchev–Trinajstić information content (AvgIpc) is 2.72. The van der Waals surface area contributed by atoms with Crippen molar-refractivity contribution in [2.45, 2.75) is 77.6 Å². The van der Waals surface area contributed by atoms with Gasteiger partial charge in [-0.05, 0) is 67.6 Å². The van der Waals surface area contributed by atoms with E-state index in [-0.39, 0.29) is 0 Å². The Balaban J connectivity index is 1.61. The molecule has 0 aliphatic heterocycles. The van der Waals surface area contributed by atoms with Gasteiger partial charge in [-0.2, -0.15) is 9.65 Å². The number of hydrogen-bond donors (Lipinski definition) is 0. The second kappa shape index (κ2) is 12.5. The number of hydrogen-bond acceptors (Lipinski definition) is 1. The molecular formula is C25H34FN. The number of halogens is 1. The van der Waals surface area contributed by atoms with Crippen molar-refractivity contribution in [2.24, 2.45) is 11.8 Å². The van der Waals surface area contributed by atoms with Crippen LogP contribution in [0.3, 0.4) is 0 Å². The van der Waals surface area contributed by atoms with Crippen LogP contribution in [0.15, 0.2) is 48.3 Å². The van der Waals surface area contributed by atoms with Gasteiger partial charge in [0.2, 0.25) is 0 Å². The summed E-state index contributed by atoms with van der Waals surface area (Å²) in [4.78, 5) is 0. The molecule has 1 aliphatic carbocycles. The van der Waals surface area contributed by atoms with Crippen LogP contribution in [0.1, 0.15) is 75.8 Å². The summed E-state index contributed by atoms with van der Waals surface area (Å²) < 4.78 is 12.7. The summed E-state index contributed by atoms with van der Waals surface area (Å²) in [6.07, 6.45) is 18.7. The summed E-state index contributed by atoms with van der Waals surface area (Å²) in [5.41, 5.74) is 2.96. The fraction of sp³-hybridized carbons (Fsp3) is 0.560. The third-order valence-electron chi connectivity index (χ3n) is 5.88. The van der Waals surface area contributed by atoms with Crippen molar-refractivity contribution in [3.63, 3.8) is 0 Å². The Kier molecular flexibility index (Phi) is 9.91. The minimum absolute atomic E-state index is 0.720. The molecule has 146 valence electrons. The third-order valence-corrected chi connectivity index (χ3v) is 5.88. The molecule has 1 aliphatic rings. The van der Waals surface area contributed by atoms with Crippen molar-refractivity contribution in [3.05, 3.63) is 59.4 Å². The molecule has 0 unspecified atom stereocenters. The zero-order valence-electron chi connectivity index (χ0n) is 16.8. The van der Waals surface area contributed by atoms with E-state index in [1.807, 2.05) is 6.08 Å². The lowest BCUT2D eigenvalue weighted by molar-refractivity contribution is 0.254. The van der Waals surface area contributed by atoms with Crippen molar-refractivity contribution in [3.8, 4) is 6.07 Å². The van der Waals surface area contributed by atoms with E-state index in [1.165, 1.54) is 87.5 Å². The molecule has 0 heterocycles. The SMILES string of the molecule is CCCCc1ccc(CCC2CCC(CCC=CC=C(F)C#N)CC2)cc1. The minimum Gasteiger partial charge on any atom is -0.195 e. The standard InChI is InChI=1S/C25H34FN/c1-2-3-7-21-10-14-23(15-11-21)18-19-24-16-12-22(13-17-24)8-5-4-6-9-25(26)20-27/h4,6,9-11,14-15,22,24H,2-3,5,7-8,12-13,16-19H2,1H3. The highest BCUT2D eigenvalue weighted by molar-refractivity contribution is 5.22. The summed E-state index contributed by atoms with van der Waals surface area (Å²) >= 11 is 0. The molecule has 0 radical (unpaired) electrons. The van der Waals surface area contributed by atoms with Gasteiger partial charge in [0.1, 0.15) is 6.07 Å². The number of unbranched alkanes of at least 4 members (excludes halogenated alkanes) is 1. The van der Waals surface area contributed by atoms with Crippen molar-refractivity contribution in [1.29, 1.82) is 5.26 Å². The highest BCUT2D eigenvalue weighted by atomic mass is 19.1. The lowest BCUT2D eigenvalue weighted by atomic mass is 9.78. The fourth-order valence-electron chi connectivity index (χ4n) is 4.05. The van der Waals surface area contributed by atoms with Crippen LogP contribution < -0.4 is 0 Å². The highest BCUT2D eigenvalue weighted by Crippen LogP contribution is 2.34. The molecule has 1 fully saturated rings. The third kappa shape index (κ3) is 8.57. The summed E-state index contributed by atoms with van der Waals surface area (Å²) in [5.74, 6) is 0.972. The van der Waals surface area contributed by atoms with Gasteiger partial charge in [0.25, 0.3) is 0 Å². The summed E-state index contributed by atoms with van der Waals surface area (Å²) in [6.45, 7) is 2.25. The predicted octanol–water partition coefficient (Wildman–Crippen LogP) is 7.48. The summed E-state index contributed by atoms with van der Waals surface area (Å²) in [7, 11) is 0. The van der Waals surface area contributed by atoms with E-state index < -0.39 is 5.83 Å². The van der Waals surface area contributed by atoms with Crippen LogP contribution in [0.2, 0.25) is 0 Å². The molecule has 1 nitrogen and oxygen atoms in total. The van der Waals surface area contributed by atoms with Crippen LogP contribution in [0, 0.1) is 23.2 Å². The van der Waals surface area contributed by atoms with Gasteiger partial charge in [-0.1, -0.05) is 75.4 Å². The van der Waals surface area contributed by atoms with E-state index in [0.29, 0.717) is 0 Å². The number of nitrogens with zero attached hydrogens (tertiary/aromatic N) is 1. The molecule has 0 N–H and O–H groups in total. The number of allylic oxidation sites excluding steroid dienone is 4. The Morgan fingerprint density at radius 1 is 1.04 bits per heavy atom. The van der Waals surface area contributed by atoms with Gasteiger partial charge in [0.15, 0.2) is 5.83 Å². The van der Waals surface area contributed by atoms with Crippen LogP contribution in [-0.2, 0) is 12.8 Å². The second-order valence-corrected chi connectivity index (χ2v) is 7.98. The monoisotopic (exact) mass is 367 g/mol. The molecule has 1 saturated carbocycles. The first kappa shape index (κ1) is 21.4. The molecule has 2 rings (SSSR count). The van der Waals surface area contributed by atoms with E-state index in [9.17, 15) is 4.39 Å². The molecule has 0 bridgehead atoms. The van der Waals surface area contributed by atoms with Gasteiger partial charge in [0.05, 0.1) is 0 Å². The molecular weight excluding hydrogens is 333 g/mol. The van der Waals surface area contributed by atoms with Crippen molar-refractivity contribution in [2.75, 3.05) is 0 Å². The van der Waals surface area contributed by atoms with Gasteiger partial charge in [-0.15, -0.1) is 0 Å². The molecule has 0 atom stereocenters. The van der Waals surface area contributed by atoms with Crippen molar-refractivity contribution < 1.29 is 4.39 Å². The predicted molar refractivity (Wildman–Crippen MR) is 112 cm³/mol. The van der Waals surface area contributed by atoms with Gasteiger partial charge in [-0.25, -0.2) is 0 Å². The van der Waals surface area contributed by atoms with E-state index in [4.69, 9.17) is 5.26 Å². The maximum atomic E-state index is 12.7. The van der Waals surface area contributed by atoms with Crippen LogP contribution in [0.5, 0.6) is 0 Å². The van der Waals surface area contributed by atoms with Crippen LogP contribution in [-0.4, -0.2) is 0 Å². The summed E-state index contributed by atoms with van der Waals surface area (Å²) in [5, 5.41) is 8.35. The van der Waals surface area contributed by atoms with E-state index in [2.05, 4.69) is 31.2 Å². The number of aryl methyl sites for hydroxylation is 2. The van der Waals surface area contributed by atoms with E-state index in [0.717, 1.165) is 18.3 Å². The van der Waals surface area contributed by atoms with Gasteiger partial charge >= 0.3 is 0 Å².